The van der Waals surface area contributed by atoms with Crippen molar-refractivity contribution in [1.82, 2.24) is 0 Å². The van der Waals surface area contributed by atoms with Gasteiger partial charge in [-0.1, -0.05) is 42.5 Å². The van der Waals surface area contributed by atoms with Gasteiger partial charge in [0.2, 0.25) is 0 Å². The number of hydrogen-bond acceptors (Lipinski definition) is 2. The average Bonchev–Trinajstić information content (AvgIpc) is 2.70. The van der Waals surface area contributed by atoms with Gasteiger partial charge in [-0.3, -0.25) is 0 Å². The van der Waals surface area contributed by atoms with Crippen molar-refractivity contribution >= 4 is 10.8 Å². The fraction of sp³-hybridized carbons (Fsp3) is 0.333. The van der Waals surface area contributed by atoms with E-state index in [1.807, 2.05) is 31.2 Å². The van der Waals surface area contributed by atoms with Gasteiger partial charge in [-0.2, -0.15) is 0 Å². The van der Waals surface area contributed by atoms with Crippen LogP contribution in [-0.2, 0) is 10.3 Å². The lowest BCUT2D eigenvalue weighted by Crippen LogP contribution is -2.33. The first kappa shape index (κ1) is 10.8. The number of fused-ring (bicyclic) bond motifs is 1. The molecule has 0 radical (unpaired) electrons. The molecule has 1 aliphatic heterocycles. The van der Waals surface area contributed by atoms with Crippen LogP contribution in [0.4, 0.5) is 0 Å². The molecule has 2 atom stereocenters. The zero-order valence-corrected chi connectivity index (χ0v) is 9.89. The molecule has 2 aromatic carbocycles. The van der Waals surface area contributed by atoms with Gasteiger partial charge in [0.05, 0.1) is 12.7 Å². The number of rotatable bonds is 1. The van der Waals surface area contributed by atoms with E-state index in [2.05, 4.69) is 18.2 Å². The van der Waals surface area contributed by atoms with Crippen LogP contribution in [-0.4, -0.2) is 17.8 Å². The van der Waals surface area contributed by atoms with Crippen LogP contribution in [0.2, 0.25) is 0 Å². The lowest BCUT2D eigenvalue weighted by Gasteiger charge is -2.27. The number of benzene rings is 2. The van der Waals surface area contributed by atoms with E-state index < -0.39 is 5.60 Å². The van der Waals surface area contributed by atoms with Crippen molar-refractivity contribution < 1.29 is 9.84 Å². The molecule has 0 spiro atoms. The molecule has 17 heavy (non-hydrogen) atoms. The van der Waals surface area contributed by atoms with Gasteiger partial charge < -0.3 is 9.84 Å². The Hall–Kier alpha value is -1.38. The second-order valence-electron chi connectivity index (χ2n) is 4.71. The lowest BCUT2D eigenvalue weighted by molar-refractivity contribution is -0.0306. The summed E-state index contributed by atoms with van der Waals surface area (Å²) in [6, 6.07) is 14.2. The standard InChI is InChI=1S/C15H16O2/c1-11-15(16,9-10-17-11)14-8-4-6-12-5-2-3-7-13(12)14/h2-8,11,16H,9-10H2,1H3. The third-order valence-electron chi connectivity index (χ3n) is 3.78. The van der Waals surface area contributed by atoms with E-state index in [1.165, 1.54) is 0 Å². The molecule has 0 bridgehead atoms. The van der Waals surface area contributed by atoms with Crippen LogP contribution in [0.25, 0.3) is 10.8 Å². The zero-order valence-electron chi connectivity index (χ0n) is 9.89. The quantitative estimate of drug-likeness (QED) is 0.813. The minimum absolute atomic E-state index is 0.145. The molecular weight excluding hydrogens is 212 g/mol. The molecule has 2 nitrogen and oxygen atoms in total. The van der Waals surface area contributed by atoms with Gasteiger partial charge in [0, 0.05) is 6.42 Å². The first-order chi connectivity index (χ1) is 8.22. The predicted molar refractivity (Wildman–Crippen MR) is 67.9 cm³/mol. The first-order valence-electron chi connectivity index (χ1n) is 6.04. The molecule has 1 aliphatic rings. The monoisotopic (exact) mass is 228 g/mol. The van der Waals surface area contributed by atoms with E-state index in [4.69, 9.17) is 4.74 Å². The molecule has 2 unspecified atom stereocenters. The summed E-state index contributed by atoms with van der Waals surface area (Å²) < 4.78 is 5.52. The number of hydrogen-bond donors (Lipinski definition) is 1. The van der Waals surface area contributed by atoms with Crippen LogP contribution in [0.15, 0.2) is 42.5 Å². The topological polar surface area (TPSA) is 29.5 Å². The van der Waals surface area contributed by atoms with Crippen LogP contribution in [0, 0.1) is 0 Å². The summed E-state index contributed by atoms with van der Waals surface area (Å²) in [4.78, 5) is 0. The van der Waals surface area contributed by atoms with Crippen molar-refractivity contribution in [1.29, 1.82) is 0 Å². The Morgan fingerprint density at radius 1 is 1.18 bits per heavy atom. The number of ether oxygens (including phenoxy) is 1. The minimum Gasteiger partial charge on any atom is -0.382 e. The second kappa shape index (κ2) is 3.83. The van der Waals surface area contributed by atoms with Crippen molar-refractivity contribution in [2.45, 2.75) is 25.0 Å². The van der Waals surface area contributed by atoms with E-state index in [-0.39, 0.29) is 6.10 Å². The molecule has 3 rings (SSSR count). The van der Waals surface area contributed by atoms with Gasteiger partial charge in [0.25, 0.3) is 0 Å². The van der Waals surface area contributed by atoms with Gasteiger partial charge in [0.1, 0.15) is 5.60 Å². The van der Waals surface area contributed by atoms with E-state index in [1.54, 1.807) is 0 Å². The van der Waals surface area contributed by atoms with Crippen molar-refractivity contribution in [3.05, 3.63) is 48.0 Å². The summed E-state index contributed by atoms with van der Waals surface area (Å²) in [5.74, 6) is 0. The second-order valence-corrected chi connectivity index (χ2v) is 4.71. The molecule has 1 saturated heterocycles. The maximum atomic E-state index is 10.8. The molecule has 88 valence electrons. The Bertz CT molecular complexity index is 544. The highest BCUT2D eigenvalue weighted by molar-refractivity contribution is 5.86. The van der Waals surface area contributed by atoms with Crippen molar-refractivity contribution in [3.8, 4) is 0 Å². The highest BCUT2D eigenvalue weighted by Crippen LogP contribution is 2.39. The van der Waals surface area contributed by atoms with Crippen molar-refractivity contribution in [2.24, 2.45) is 0 Å². The summed E-state index contributed by atoms with van der Waals surface area (Å²) in [6.45, 7) is 2.57. The summed E-state index contributed by atoms with van der Waals surface area (Å²) in [5, 5.41) is 13.1. The maximum Gasteiger partial charge on any atom is 0.118 e. The Labute approximate surface area is 101 Å². The highest BCUT2D eigenvalue weighted by atomic mass is 16.5. The molecule has 1 N–H and O–H groups in total. The summed E-state index contributed by atoms with van der Waals surface area (Å²) in [5.41, 5.74) is 0.140. The van der Waals surface area contributed by atoms with Crippen molar-refractivity contribution in [3.63, 3.8) is 0 Å². The third-order valence-corrected chi connectivity index (χ3v) is 3.78. The SMILES string of the molecule is CC1OCCC1(O)c1cccc2ccccc12. The highest BCUT2D eigenvalue weighted by Gasteiger charge is 2.41. The van der Waals surface area contributed by atoms with Gasteiger partial charge in [-0.25, -0.2) is 0 Å². The normalized spacial score (nSPS) is 28.7. The molecule has 2 heteroatoms. The van der Waals surface area contributed by atoms with E-state index >= 15 is 0 Å². The average molecular weight is 228 g/mol. The molecule has 1 fully saturated rings. The number of aliphatic hydroxyl groups is 1. The van der Waals surface area contributed by atoms with Crippen LogP contribution in [0.5, 0.6) is 0 Å². The van der Waals surface area contributed by atoms with Crippen LogP contribution in [0.3, 0.4) is 0 Å². The van der Waals surface area contributed by atoms with E-state index in [0.29, 0.717) is 13.0 Å². The molecule has 2 aromatic rings. The largest absolute Gasteiger partial charge is 0.382 e. The predicted octanol–water partition coefficient (Wildman–Crippen LogP) is 2.84. The Kier molecular flexibility index (Phi) is 2.42. The zero-order chi connectivity index (χ0) is 11.9. The van der Waals surface area contributed by atoms with Gasteiger partial charge >= 0.3 is 0 Å². The maximum absolute atomic E-state index is 10.8. The smallest absolute Gasteiger partial charge is 0.118 e. The van der Waals surface area contributed by atoms with E-state index in [9.17, 15) is 5.11 Å². The lowest BCUT2D eigenvalue weighted by atomic mass is 9.85. The summed E-state index contributed by atoms with van der Waals surface area (Å²) in [7, 11) is 0. The molecule has 0 amide bonds. The fourth-order valence-corrected chi connectivity index (χ4v) is 2.69. The Morgan fingerprint density at radius 3 is 2.71 bits per heavy atom. The van der Waals surface area contributed by atoms with Crippen LogP contribution in [0.1, 0.15) is 18.9 Å². The molecule has 0 aromatic heterocycles. The third kappa shape index (κ3) is 1.56. The van der Waals surface area contributed by atoms with Crippen molar-refractivity contribution in [2.75, 3.05) is 6.61 Å². The Morgan fingerprint density at radius 2 is 1.94 bits per heavy atom. The first-order valence-corrected chi connectivity index (χ1v) is 6.04. The fourth-order valence-electron chi connectivity index (χ4n) is 2.69. The molecule has 0 aliphatic carbocycles. The van der Waals surface area contributed by atoms with Gasteiger partial charge in [0.15, 0.2) is 0 Å². The van der Waals surface area contributed by atoms with Crippen LogP contribution < -0.4 is 0 Å². The Balaban J connectivity index is 2.24. The summed E-state index contributed by atoms with van der Waals surface area (Å²) in [6.07, 6.45) is 0.524. The molecular formula is C15H16O2. The van der Waals surface area contributed by atoms with Gasteiger partial charge in [-0.15, -0.1) is 0 Å². The minimum atomic E-state index is -0.846. The van der Waals surface area contributed by atoms with Gasteiger partial charge in [-0.05, 0) is 23.3 Å². The molecule has 1 heterocycles. The summed E-state index contributed by atoms with van der Waals surface area (Å²) >= 11 is 0. The van der Waals surface area contributed by atoms with E-state index in [0.717, 1.165) is 16.3 Å². The molecule has 0 saturated carbocycles. The van der Waals surface area contributed by atoms with Crippen LogP contribution >= 0.6 is 0 Å².